The third kappa shape index (κ3) is 3.90. The summed E-state index contributed by atoms with van der Waals surface area (Å²) in [6, 6.07) is 0. The number of rotatable bonds is 5. The van der Waals surface area contributed by atoms with E-state index in [1.807, 2.05) is 4.83 Å². The monoisotopic (exact) mass is 253 g/mol. The molecule has 1 aliphatic heterocycles. The van der Waals surface area contributed by atoms with Gasteiger partial charge in [0, 0.05) is 0 Å². The van der Waals surface area contributed by atoms with Crippen LogP contribution in [-0.2, 0) is 19.5 Å². The highest BCUT2D eigenvalue weighted by Gasteiger charge is 2.26. The van der Waals surface area contributed by atoms with E-state index >= 15 is 0 Å². The summed E-state index contributed by atoms with van der Waals surface area (Å²) in [6.07, 6.45) is -1.82. The molecule has 1 fully saturated rings. The van der Waals surface area contributed by atoms with Crippen LogP contribution in [0.4, 0.5) is 9.59 Å². The number of primary amides is 1. The standard InChI is InChI=1S/C6H11N3O6S/c7-5(10)14-3-4-16(12,13)8-9-1-2-15-6(9)11/h8H,1-4H2,(H2,7,10). The summed E-state index contributed by atoms with van der Waals surface area (Å²) in [5.41, 5.74) is 4.65. The summed E-state index contributed by atoms with van der Waals surface area (Å²) >= 11 is 0. The predicted octanol–water partition coefficient (Wildman–Crippen LogP) is -1.63. The first-order chi connectivity index (χ1) is 7.41. The summed E-state index contributed by atoms with van der Waals surface area (Å²) in [7, 11) is -3.75. The molecule has 1 saturated heterocycles. The fourth-order valence-corrected chi connectivity index (χ4v) is 1.84. The number of nitrogens with one attached hydrogen (secondary N) is 1. The van der Waals surface area contributed by atoms with Crippen molar-refractivity contribution in [1.29, 1.82) is 0 Å². The molecule has 0 aromatic heterocycles. The molecule has 0 aromatic carbocycles. The summed E-state index contributed by atoms with van der Waals surface area (Å²) in [5.74, 6) is -0.486. The van der Waals surface area contributed by atoms with Crippen molar-refractivity contribution in [3.8, 4) is 0 Å². The Morgan fingerprint density at radius 2 is 2.31 bits per heavy atom. The zero-order valence-electron chi connectivity index (χ0n) is 8.21. The van der Waals surface area contributed by atoms with Gasteiger partial charge in [-0.05, 0) is 0 Å². The van der Waals surface area contributed by atoms with E-state index in [2.05, 4.69) is 15.2 Å². The van der Waals surface area contributed by atoms with E-state index in [0.29, 0.717) is 0 Å². The lowest BCUT2D eigenvalue weighted by molar-refractivity contribution is 0.153. The first-order valence-electron chi connectivity index (χ1n) is 4.27. The lowest BCUT2D eigenvalue weighted by Gasteiger charge is -2.13. The third-order valence-electron chi connectivity index (χ3n) is 1.61. The van der Waals surface area contributed by atoms with Crippen molar-refractivity contribution in [3.05, 3.63) is 0 Å². The van der Waals surface area contributed by atoms with Crippen molar-refractivity contribution >= 4 is 22.2 Å². The highest BCUT2D eigenvalue weighted by molar-refractivity contribution is 7.89. The van der Waals surface area contributed by atoms with Gasteiger partial charge in [0.25, 0.3) is 0 Å². The molecule has 3 N–H and O–H groups in total. The number of cyclic esters (lactones) is 1. The van der Waals surface area contributed by atoms with Gasteiger partial charge in [0.05, 0.1) is 6.54 Å². The molecule has 0 saturated carbocycles. The maximum Gasteiger partial charge on any atom is 0.425 e. The van der Waals surface area contributed by atoms with Gasteiger partial charge in [-0.15, -0.1) is 4.83 Å². The van der Waals surface area contributed by atoms with Crippen molar-refractivity contribution < 1.29 is 27.5 Å². The number of hydrazine groups is 1. The van der Waals surface area contributed by atoms with E-state index in [-0.39, 0.29) is 19.8 Å². The zero-order chi connectivity index (χ0) is 12.2. The molecule has 2 amide bonds. The molecule has 0 atom stereocenters. The fourth-order valence-electron chi connectivity index (χ4n) is 0.942. The Hall–Kier alpha value is -1.55. The second kappa shape index (κ2) is 4.99. The number of ether oxygens (including phenoxy) is 2. The number of hydrogen-bond acceptors (Lipinski definition) is 6. The minimum atomic E-state index is -3.75. The lowest BCUT2D eigenvalue weighted by atomic mass is 10.7. The van der Waals surface area contributed by atoms with Gasteiger partial charge < -0.3 is 15.2 Å². The molecule has 10 heteroatoms. The van der Waals surface area contributed by atoms with Gasteiger partial charge in [-0.25, -0.2) is 23.0 Å². The number of nitrogens with two attached hydrogens (primary N) is 1. The molecular formula is C6H11N3O6S. The smallest absolute Gasteiger partial charge is 0.425 e. The van der Waals surface area contributed by atoms with Crippen LogP contribution < -0.4 is 10.6 Å². The van der Waals surface area contributed by atoms with Crippen molar-refractivity contribution in [2.45, 2.75) is 0 Å². The van der Waals surface area contributed by atoms with Crippen molar-refractivity contribution in [3.63, 3.8) is 0 Å². The molecule has 0 unspecified atom stereocenters. The molecule has 0 bridgehead atoms. The molecule has 92 valence electrons. The topological polar surface area (TPSA) is 128 Å². The van der Waals surface area contributed by atoms with Gasteiger partial charge in [-0.1, -0.05) is 0 Å². The summed E-state index contributed by atoms with van der Waals surface area (Å²) < 4.78 is 31.4. The molecule has 0 radical (unpaired) electrons. The van der Waals surface area contributed by atoms with E-state index in [1.54, 1.807) is 0 Å². The molecule has 0 aliphatic carbocycles. The normalized spacial score (nSPS) is 16.0. The van der Waals surface area contributed by atoms with E-state index in [0.717, 1.165) is 5.01 Å². The Morgan fingerprint density at radius 3 is 2.81 bits per heavy atom. The van der Waals surface area contributed by atoms with Crippen LogP contribution in [-0.4, -0.2) is 51.1 Å². The maximum atomic E-state index is 11.3. The number of carbonyl (C=O) groups excluding carboxylic acids is 2. The van der Waals surface area contributed by atoms with Crippen LogP contribution in [0.15, 0.2) is 0 Å². The van der Waals surface area contributed by atoms with Crippen molar-refractivity contribution in [2.75, 3.05) is 25.5 Å². The Morgan fingerprint density at radius 1 is 1.62 bits per heavy atom. The average Bonchev–Trinajstić information content (AvgIpc) is 2.50. The molecule has 0 spiro atoms. The minimum absolute atomic E-state index is 0.124. The summed E-state index contributed by atoms with van der Waals surface area (Å²) in [4.78, 5) is 23.1. The Balaban J connectivity index is 2.39. The molecule has 16 heavy (non-hydrogen) atoms. The van der Waals surface area contributed by atoms with E-state index in [9.17, 15) is 18.0 Å². The molecular weight excluding hydrogens is 242 g/mol. The third-order valence-corrected chi connectivity index (χ3v) is 2.81. The Bertz CT molecular complexity index is 380. The maximum absolute atomic E-state index is 11.3. The minimum Gasteiger partial charge on any atom is -0.449 e. The Kier molecular flexibility index (Phi) is 3.90. The van der Waals surface area contributed by atoms with E-state index in [4.69, 9.17) is 0 Å². The van der Waals surface area contributed by atoms with Gasteiger partial charge >= 0.3 is 12.2 Å². The number of hydrogen-bond donors (Lipinski definition) is 2. The molecule has 9 nitrogen and oxygen atoms in total. The SMILES string of the molecule is NC(=O)OCCS(=O)(=O)NN1CCOC1=O. The summed E-state index contributed by atoms with van der Waals surface area (Å²) in [5, 5.41) is 0.819. The largest absolute Gasteiger partial charge is 0.449 e. The average molecular weight is 253 g/mol. The van der Waals surface area contributed by atoms with Crippen LogP contribution in [0.5, 0.6) is 0 Å². The van der Waals surface area contributed by atoms with Crippen LogP contribution in [0.2, 0.25) is 0 Å². The summed E-state index contributed by atoms with van der Waals surface area (Å²) in [6.45, 7) is -0.124. The van der Waals surface area contributed by atoms with Crippen LogP contribution >= 0.6 is 0 Å². The number of amides is 2. The molecule has 1 heterocycles. The quantitative estimate of drug-likeness (QED) is 0.605. The zero-order valence-corrected chi connectivity index (χ0v) is 9.03. The number of sulfonamides is 1. The highest BCUT2D eigenvalue weighted by atomic mass is 32.2. The van der Waals surface area contributed by atoms with Crippen molar-refractivity contribution in [1.82, 2.24) is 9.84 Å². The van der Waals surface area contributed by atoms with Gasteiger partial charge in [0.15, 0.2) is 0 Å². The predicted molar refractivity (Wildman–Crippen MR) is 50.5 cm³/mol. The van der Waals surface area contributed by atoms with Gasteiger partial charge in [0.1, 0.15) is 19.0 Å². The first-order valence-corrected chi connectivity index (χ1v) is 5.92. The van der Waals surface area contributed by atoms with Crippen LogP contribution in [0.25, 0.3) is 0 Å². The second-order valence-electron chi connectivity index (χ2n) is 2.84. The number of carbonyl (C=O) groups is 2. The second-order valence-corrected chi connectivity index (χ2v) is 4.66. The Labute approximate surface area is 91.5 Å². The lowest BCUT2D eigenvalue weighted by Crippen LogP contribution is -2.44. The van der Waals surface area contributed by atoms with E-state index < -0.39 is 28.0 Å². The van der Waals surface area contributed by atoms with Gasteiger partial charge in [-0.3, -0.25) is 0 Å². The van der Waals surface area contributed by atoms with Crippen LogP contribution in [0, 0.1) is 0 Å². The fraction of sp³-hybridized carbons (Fsp3) is 0.667. The van der Waals surface area contributed by atoms with Gasteiger partial charge in [-0.2, -0.15) is 0 Å². The highest BCUT2D eigenvalue weighted by Crippen LogP contribution is 2.01. The van der Waals surface area contributed by atoms with Crippen LogP contribution in [0.3, 0.4) is 0 Å². The molecule has 1 rings (SSSR count). The number of nitrogens with zero attached hydrogens (tertiary/aromatic N) is 1. The first kappa shape index (κ1) is 12.5. The van der Waals surface area contributed by atoms with E-state index in [1.165, 1.54) is 0 Å². The van der Waals surface area contributed by atoms with Crippen LogP contribution in [0.1, 0.15) is 0 Å². The van der Waals surface area contributed by atoms with Crippen molar-refractivity contribution in [2.24, 2.45) is 5.73 Å². The molecule has 0 aromatic rings. The molecule has 1 aliphatic rings. The van der Waals surface area contributed by atoms with Gasteiger partial charge in [0.2, 0.25) is 10.0 Å².